The van der Waals surface area contributed by atoms with Gasteiger partial charge in [0.2, 0.25) is 5.91 Å². The predicted octanol–water partition coefficient (Wildman–Crippen LogP) is 3.22. The summed E-state index contributed by atoms with van der Waals surface area (Å²) in [6.45, 7) is 8.22. The van der Waals surface area contributed by atoms with Crippen molar-refractivity contribution in [3.63, 3.8) is 0 Å². The van der Waals surface area contributed by atoms with Crippen molar-refractivity contribution < 1.29 is 14.3 Å². The van der Waals surface area contributed by atoms with E-state index in [1.807, 2.05) is 6.08 Å². The van der Waals surface area contributed by atoms with Gasteiger partial charge in [0, 0.05) is 12.3 Å². The number of hydrogen-bond donors (Lipinski definition) is 1. The van der Waals surface area contributed by atoms with Gasteiger partial charge in [0.15, 0.2) is 0 Å². The van der Waals surface area contributed by atoms with Crippen molar-refractivity contribution in [1.82, 2.24) is 5.32 Å². The highest BCUT2D eigenvalue weighted by Gasteiger charge is 2.39. The molecule has 1 saturated heterocycles. The van der Waals surface area contributed by atoms with Crippen LogP contribution in [-0.2, 0) is 14.3 Å². The number of allylic oxidation sites excluding steroid dienone is 1. The molecule has 1 aliphatic heterocycles. The molecule has 1 aliphatic rings. The van der Waals surface area contributed by atoms with E-state index in [4.69, 9.17) is 4.74 Å². The van der Waals surface area contributed by atoms with E-state index >= 15 is 0 Å². The van der Waals surface area contributed by atoms with E-state index in [1.54, 1.807) is 0 Å². The van der Waals surface area contributed by atoms with Crippen molar-refractivity contribution in [2.24, 2.45) is 11.8 Å². The molecule has 0 aromatic heterocycles. The number of amides is 1. The van der Waals surface area contributed by atoms with Crippen molar-refractivity contribution in [3.8, 4) is 0 Å². The number of nitrogens with one attached hydrogen (secondary N) is 1. The first-order chi connectivity index (χ1) is 10.1. The van der Waals surface area contributed by atoms with E-state index in [2.05, 4.69) is 25.7 Å². The Morgan fingerprint density at radius 1 is 1.33 bits per heavy atom. The fourth-order valence-corrected chi connectivity index (χ4v) is 2.63. The Morgan fingerprint density at radius 3 is 2.67 bits per heavy atom. The van der Waals surface area contributed by atoms with Crippen molar-refractivity contribution in [1.29, 1.82) is 0 Å². The average Bonchev–Trinajstić information content (AvgIpc) is 2.79. The fourth-order valence-electron chi connectivity index (χ4n) is 2.63. The summed E-state index contributed by atoms with van der Waals surface area (Å²) in [5, 5.41) is 2.84. The highest BCUT2D eigenvalue weighted by molar-refractivity contribution is 5.85. The summed E-state index contributed by atoms with van der Waals surface area (Å²) in [5.41, 5.74) is 0. The smallest absolute Gasteiger partial charge is 0.329 e. The topological polar surface area (TPSA) is 55.4 Å². The van der Waals surface area contributed by atoms with E-state index < -0.39 is 6.04 Å². The second kappa shape index (κ2) is 9.59. The first kappa shape index (κ1) is 17.7. The van der Waals surface area contributed by atoms with E-state index in [1.165, 1.54) is 12.8 Å². The van der Waals surface area contributed by atoms with Gasteiger partial charge < -0.3 is 10.1 Å². The lowest BCUT2D eigenvalue weighted by Crippen LogP contribution is -2.43. The summed E-state index contributed by atoms with van der Waals surface area (Å²) in [5.74, 6) is 0.106. The number of ether oxygens (including phenoxy) is 1. The summed E-state index contributed by atoms with van der Waals surface area (Å²) in [6, 6.07) is -0.454. The van der Waals surface area contributed by atoms with Crippen molar-refractivity contribution >= 4 is 11.9 Å². The van der Waals surface area contributed by atoms with Gasteiger partial charge in [-0.3, -0.25) is 4.79 Å². The number of rotatable bonds is 10. The molecule has 0 aromatic rings. The number of cyclic esters (lactones) is 1. The third-order valence-corrected chi connectivity index (χ3v) is 4.09. The third-order valence-electron chi connectivity index (χ3n) is 4.09. The lowest BCUT2D eigenvalue weighted by atomic mass is 9.91. The highest BCUT2D eigenvalue weighted by Crippen LogP contribution is 2.23. The van der Waals surface area contributed by atoms with Crippen molar-refractivity contribution in [2.75, 3.05) is 6.61 Å². The van der Waals surface area contributed by atoms with Crippen LogP contribution >= 0.6 is 0 Å². The molecule has 0 aliphatic carbocycles. The molecule has 0 bridgehead atoms. The normalized spacial score (nSPS) is 21.4. The number of esters is 1. The molecular formula is C17H29NO3. The molecule has 0 radical (unpaired) electrons. The van der Waals surface area contributed by atoms with E-state index in [-0.39, 0.29) is 17.8 Å². The molecule has 1 rings (SSSR count). The molecule has 0 saturated carbocycles. The van der Waals surface area contributed by atoms with Crippen LogP contribution in [0.25, 0.3) is 0 Å². The van der Waals surface area contributed by atoms with Gasteiger partial charge in [-0.25, -0.2) is 4.79 Å². The zero-order valence-electron chi connectivity index (χ0n) is 13.4. The van der Waals surface area contributed by atoms with Gasteiger partial charge in [-0.2, -0.15) is 0 Å². The van der Waals surface area contributed by atoms with Gasteiger partial charge in [-0.05, 0) is 25.2 Å². The first-order valence-corrected chi connectivity index (χ1v) is 8.13. The molecule has 120 valence electrons. The first-order valence-electron chi connectivity index (χ1n) is 8.13. The Bertz CT molecular complexity index is 352. The van der Waals surface area contributed by atoms with Crippen LogP contribution in [0.4, 0.5) is 0 Å². The largest absolute Gasteiger partial charge is 0.464 e. The molecular weight excluding hydrogens is 266 g/mol. The van der Waals surface area contributed by atoms with E-state index in [9.17, 15) is 9.59 Å². The minimum absolute atomic E-state index is 0.0319. The minimum Gasteiger partial charge on any atom is -0.464 e. The molecule has 4 nitrogen and oxygen atoms in total. The monoisotopic (exact) mass is 295 g/mol. The fraction of sp³-hybridized carbons (Fsp3) is 0.765. The molecule has 1 unspecified atom stereocenters. The van der Waals surface area contributed by atoms with Crippen LogP contribution in [0.15, 0.2) is 12.7 Å². The predicted molar refractivity (Wildman–Crippen MR) is 83.7 cm³/mol. The maximum Gasteiger partial charge on any atom is 0.329 e. The SMILES string of the molecule is C=CCCCCCCCC(=O)NC1C(=O)OC[C@@H]1C(C)C. The molecule has 0 spiro atoms. The zero-order valence-corrected chi connectivity index (χ0v) is 13.4. The Morgan fingerprint density at radius 2 is 2.00 bits per heavy atom. The third kappa shape index (κ3) is 6.32. The van der Waals surface area contributed by atoms with Crippen LogP contribution in [0.1, 0.15) is 58.8 Å². The lowest BCUT2D eigenvalue weighted by Gasteiger charge is -2.19. The standard InChI is InChI=1S/C17H29NO3/c1-4-5-6-7-8-9-10-11-15(19)18-16-14(13(2)3)12-21-17(16)20/h4,13-14,16H,1,5-12H2,2-3H3,(H,18,19)/t14-,16?/m1/s1. The molecule has 4 heteroatoms. The maximum atomic E-state index is 11.9. The Kier molecular flexibility index (Phi) is 8.09. The zero-order chi connectivity index (χ0) is 15.7. The summed E-state index contributed by atoms with van der Waals surface area (Å²) < 4.78 is 5.06. The Hall–Kier alpha value is -1.32. The van der Waals surface area contributed by atoms with Gasteiger partial charge in [0.1, 0.15) is 6.04 Å². The van der Waals surface area contributed by atoms with Crippen LogP contribution in [-0.4, -0.2) is 24.5 Å². The summed E-state index contributed by atoms with van der Waals surface area (Å²) in [7, 11) is 0. The number of carbonyl (C=O) groups is 2. The van der Waals surface area contributed by atoms with Crippen LogP contribution < -0.4 is 5.32 Å². The Balaban J connectivity index is 2.18. The summed E-state index contributed by atoms with van der Waals surface area (Å²) in [6.07, 6.45) is 8.98. The van der Waals surface area contributed by atoms with Crippen molar-refractivity contribution in [2.45, 2.75) is 64.8 Å². The number of unbranched alkanes of at least 4 members (excludes halogenated alkanes) is 5. The molecule has 1 N–H and O–H groups in total. The molecule has 21 heavy (non-hydrogen) atoms. The molecule has 0 aromatic carbocycles. The molecule has 1 fully saturated rings. The van der Waals surface area contributed by atoms with E-state index in [0.29, 0.717) is 18.9 Å². The molecule has 2 atom stereocenters. The van der Waals surface area contributed by atoms with Crippen LogP contribution in [0, 0.1) is 11.8 Å². The number of hydrogen-bond acceptors (Lipinski definition) is 3. The minimum atomic E-state index is -0.454. The number of carbonyl (C=O) groups excluding carboxylic acids is 2. The Labute approximate surface area is 128 Å². The van der Waals surface area contributed by atoms with Crippen LogP contribution in [0.3, 0.4) is 0 Å². The molecule has 1 heterocycles. The molecule has 1 amide bonds. The second-order valence-electron chi connectivity index (χ2n) is 6.18. The lowest BCUT2D eigenvalue weighted by molar-refractivity contribution is -0.141. The summed E-state index contributed by atoms with van der Waals surface area (Å²) >= 11 is 0. The van der Waals surface area contributed by atoms with Crippen molar-refractivity contribution in [3.05, 3.63) is 12.7 Å². The highest BCUT2D eigenvalue weighted by atomic mass is 16.5. The van der Waals surface area contributed by atoms with Gasteiger partial charge in [-0.15, -0.1) is 6.58 Å². The quantitative estimate of drug-likeness (QED) is 0.382. The average molecular weight is 295 g/mol. The van der Waals surface area contributed by atoms with Gasteiger partial charge >= 0.3 is 5.97 Å². The maximum absolute atomic E-state index is 11.9. The van der Waals surface area contributed by atoms with Crippen LogP contribution in [0.5, 0.6) is 0 Å². The van der Waals surface area contributed by atoms with Gasteiger partial charge in [0.05, 0.1) is 6.61 Å². The second-order valence-corrected chi connectivity index (χ2v) is 6.18. The van der Waals surface area contributed by atoms with Crippen LogP contribution in [0.2, 0.25) is 0 Å². The van der Waals surface area contributed by atoms with E-state index in [0.717, 1.165) is 25.7 Å². The van der Waals surface area contributed by atoms with Gasteiger partial charge in [0.25, 0.3) is 0 Å². The summed E-state index contributed by atoms with van der Waals surface area (Å²) in [4.78, 5) is 23.6. The van der Waals surface area contributed by atoms with Gasteiger partial charge in [-0.1, -0.05) is 39.2 Å².